The molecule has 0 amide bonds. The van der Waals surface area contributed by atoms with Gasteiger partial charge in [-0.15, -0.1) is 0 Å². The van der Waals surface area contributed by atoms with E-state index in [0.717, 1.165) is 45.9 Å². The summed E-state index contributed by atoms with van der Waals surface area (Å²) < 4.78 is 40.5. The van der Waals surface area contributed by atoms with E-state index >= 15 is 0 Å². The maximum absolute atomic E-state index is 13.3. The Morgan fingerprint density at radius 1 is 0.971 bits per heavy atom. The van der Waals surface area contributed by atoms with Crippen LogP contribution in [-0.2, 0) is 10.0 Å². The molecule has 0 spiro atoms. The van der Waals surface area contributed by atoms with Gasteiger partial charge in [-0.25, -0.2) is 8.42 Å². The number of fused-ring (bicyclic) bond motifs is 4. The van der Waals surface area contributed by atoms with Crippen LogP contribution in [0.2, 0.25) is 0 Å². The minimum Gasteiger partial charge on any atom is -0.454 e. The SMILES string of the molecule is Cc1cccc(C)c1NS(=O)(=O)c1ccc2c(c1)[C@H]1C=CC[C@H]1[C@@H](c1ccc3c(c1)OCO3)N2. The van der Waals surface area contributed by atoms with E-state index in [1.807, 2.05) is 56.3 Å². The Morgan fingerprint density at radius 2 is 1.76 bits per heavy atom. The lowest BCUT2D eigenvalue weighted by molar-refractivity contribution is 0.174. The van der Waals surface area contributed by atoms with Crippen LogP contribution in [0, 0.1) is 19.8 Å². The van der Waals surface area contributed by atoms with Crippen molar-refractivity contribution < 1.29 is 17.9 Å². The van der Waals surface area contributed by atoms with Crippen molar-refractivity contribution in [3.05, 3.63) is 89.0 Å². The first kappa shape index (κ1) is 21.1. The van der Waals surface area contributed by atoms with Crippen molar-refractivity contribution >= 4 is 21.4 Å². The first-order chi connectivity index (χ1) is 16.4. The molecule has 174 valence electrons. The number of rotatable bonds is 4. The number of hydrogen-bond donors (Lipinski definition) is 2. The van der Waals surface area contributed by atoms with Crippen molar-refractivity contribution in [2.75, 3.05) is 16.8 Å². The summed E-state index contributed by atoms with van der Waals surface area (Å²) in [7, 11) is -3.73. The fourth-order valence-electron chi connectivity index (χ4n) is 5.34. The van der Waals surface area contributed by atoms with Crippen molar-refractivity contribution in [1.29, 1.82) is 0 Å². The third-order valence-electron chi connectivity index (χ3n) is 7.12. The summed E-state index contributed by atoms with van der Waals surface area (Å²) in [6.45, 7) is 4.07. The van der Waals surface area contributed by atoms with E-state index in [9.17, 15) is 8.42 Å². The molecule has 34 heavy (non-hydrogen) atoms. The zero-order valence-electron chi connectivity index (χ0n) is 19.0. The predicted molar refractivity (Wildman–Crippen MR) is 132 cm³/mol. The molecule has 6 nitrogen and oxygen atoms in total. The van der Waals surface area contributed by atoms with E-state index in [2.05, 4.69) is 28.3 Å². The van der Waals surface area contributed by atoms with Crippen LogP contribution in [0.3, 0.4) is 0 Å². The Morgan fingerprint density at radius 3 is 2.59 bits per heavy atom. The number of nitrogens with one attached hydrogen (secondary N) is 2. The molecule has 3 aromatic rings. The summed E-state index contributed by atoms with van der Waals surface area (Å²) in [6, 6.07) is 17.3. The first-order valence-electron chi connectivity index (χ1n) is 11.5. The van der Waals surface area contributed by atoms with Gasteiger partial charge >= 0.3 is 0 Å². The molecule has 3 aromatic carbocycles. The molecule has 0 bridgehead atoms. The molecule has 2 N–H and O–H groups in total. The lowest BCUT2D eigenvalue weighted by Crippen LogP contribution is -2.29. The van der Waals surface area contributed by atoms with Crippen LogP contribution < -0.4 is 19.5 Å². The smallest absolute Gasteiger partial charge is 0.261 e. The number of ether oxygens (including phenoxy) is 2. The van der Waals surface area contributed by atoms with Crippen LogP contribution in [0.4, 0.5) is 11.4 Å². The molecule has 0 saturated heterocycles. The topological polar surface area (TPSA) is 76.7 Å². The number of allylic oxidation sites excluding steroid dienone is 2. The maximum atomic E-state index is 13.3. The van der Waals surface area contributed by atoms with E-state index in [1.54, 1.807) is 6.07 Å². The lowest BCUT2D eigenvalue weighted by atomic mass is 9.77. The minimum atomic E-state index is -3.73. The molecule has 2 aliphatic heterocycles. The molecule has 6 rings (SSSR count). The third-order valence-corrected chi connectivity index (χ3v) is 8.47. The Kier molecular flexibility index (Phi) is 4.85. The summed E-state index contributed by atoms with van der Waals surface area (Å²) in [4.78, 5) is 0.274. The second-order valence-electron chi connectivity index (χ2n) is 9.21. The van der Waals surface area contributed by atoms with Gasteiger partial charge in [0.2, 0.25) is 6.79 Å². The fourth-order valence-corrected chi connectivity index (χ4v) is 6.58. The summed E-state index contributed by atoms with van der Waals surface area (Å²) in [5, 5.41) is 3.67. The maximum Gasteiger partial charge on any atom is 0.261 e. The number of hydrogen-bond acceptors (Lipinski definition) is 5. The van der Waals surface area contributed by atoms with Crippen LogP contribution in [0.25, 0.3) is 0 Å². The summed E-state index contributed by atoms with van der Waals surface area (Å²) in [5.41, 5.74) is 5.55. The fraction of sp³-hybridized carbons (Fsp3) is 0.259. The largest absolute Gasteiger partial charge is 0.454 e. The van der Waals surface area contributed by atoms with E-state index in [4.69, 9.17) is 9.47 Å². The number of benzene rings is 3. The van der Waals surface area contributed by atoms with Crippen molar-refractivity contribution in [3.8, 4) is 11.5 Å². The van der Waals surface area contributed by atoms with Gasteiger partial charge in [0.05, 0.1) is 16.6 Å². The highest BCUT2D eigenvalue weighted by atomic mass is 32.2. The van der Waals surface area contributed by atoms with Crippen molar-refractivity contribution in [3.63, 3.8) is 0 Å². The van der Waals surface area contributed by atoms with Gasteiger partial charge in [0.15, 0.2) is 11.5 Å². The molecular weight excluding hydrogens is 448 g/mol. The lowest BCUT2D eigenvalue weighted by Gasteiger charge is -2.37. The van der Waals surface area contributed by atoms with Crippen LogP contribution in [-0.4, -0.2) is 15.2 Å². The highest BCUT2D eigenvalue weighted by Crippen LogP contribution is 2.51. The monoisotopic (exact) mass is 474 g/mol. The van der Waals surface area contributed by atoms with Gasteiger partial charge in [-0.05, 0) is 78.8 Å². The number of aryl methyl sites for hydroxylation is 2. The number of anilines is 2. The average Bonchev–Trinajstić information content (AvgIpc) is 3.50. The molecule has 0 aromatic heterocycles. The number of sulfonamides is 1. The average molecular weight is 475 g/mol. The second kappa shape index (κ2) is 7.81. The highest BCUT2D eigenvalue weighted by Gasteiger charge is 2.39. The molecule has 7 heteroatoms. The highest BCUT2D eigenvalue weighted by molar-refractivity contribution is 7.92. The molecule has 0 saturated carbocycles. The number of para-hydroxylation sites is 1. The second-order valence-corrected chi connectivity index (χ2v) is 10.9. The van der Waals surface area contributed by atoms with Gasteiger partial charge in [0.1, 0.15) is 0 Å². The van der Waals surface area contributed by atoms with Gasteiger partial charge in [-0.2, -0.15) is 0 Å². The molecule has 0 radical (unpaired) electrons. The van der Waals surface area contributed by atoms with Gasteiger partial charge in [-0.3, -0.25) is 4.72 Å². The van der Waals surface area contributed by atoms with Gasteiger partial charge in [-0.1, -0.05) is 36.4 Å². The molecule has 2 heterocycles. The van der Waals surface area contributed by atoms with Crippen molar-refractivity contribution in [1.82, 2.24) is 0 Å². The zero-order valence-corrected chi connectivity index (χ0v) is 19.9. The zero-order chi connectivity index (χ0) is 23.4. The third kappa shape index (κ3) is 3.42. The van der Waals surface area contributed by atoms with Crippen LogP contribution >= 0.6 is 0 Å². The van der Waals surface area contributed by atoms with Gasteiger partial charge in [0, 0.05) is 11.6 Å². The van der Waals surface area contributed by atoms with Crippen LogP contribution in [0.5, 0.6) is 11.5 Å². The molecule has 0 fully saturated rings. The normalized spacial score (nSPS) is 22.1. The summed E-state index contributed by atoms with van der Waals surface area (Å²) in [5.74, 6) is 1.97. The van der Waals surface area contributed by atoms with Crippen LogP contribution in [0.15, 0.2) is 71.6 Å². The molecule has 1 aliphatic carbocycles. The Balaban J connectivity index is 1.35. The molecule has 0 unspecified atom stereocenters. The van der Waals surface area contributed by atoms with Gasteiger partial charge < -0.3 is 14.8 Å². The Bertz CT molecular complexity index is 1410. The summed E-state index contributed by atoms with van der Waals surface area (Å²) >= 11 is 0. The Hall–Kier alpha value is -3.45. The van der Waals surface area contributed by atoms with Crippen molar-refractivity contribution in [2.45, 2.75) is 37.1 Å². The minimum absolute atomic E-state index is 0.0946. The Labute approximate surface area is 199 Å². The van der Waals surface area contributed by atoms with E-state index < -0.39 is 10.0 Å². The van der Waals surface area contributed by atoms with Gasteiger partial charge in [0.25, 0.3) is 10.0 Å². The first-order valence-corrected chi connectivity index (χ1v) is 12.9. The summed E-state index contributed by atoms with van der Waals surface area (Å²) in [6.07, 6.45) is 5.33. The predicted octanol–water partition coefficient (Wildman–Crippen LogP) is 5.66. The molecule has 3 aliphatic rings. The van der Waals surface area contributed by atoms with Crippen molar-refractivity contribution in [2.24, 2.45) is 5.92 Å². The van der Waals surface area contributed by atoms with E-state index in [-0.39, 0.29) is 29.6 Å². The molecule has 3 atom stereocenters. The molecular formula is C27H26N2O4S. The standard InChI is InChI=1S/C27H26N2O4S/c1-16-5-3-6-17(2)26(16)29-34(30,31)19-10-11-23-22(14-19)20-7-4-8-21(20)27(28-23)18-9-12-24-25(13-18)33-15-32-24/h3-7,9-14,20-21,27-29H,8,15H2,1-2H3/t20-,21+,27+/m0/s1. The quantitative estimate of drug-likeness (QED) is 0.477. The van der Waals surface area contributed by atoms with E-state index in [0.29, 0.717) is 5.69 Å². The van der Waals surface area contributed by atoms with Crippen LogP contribution in [0.1, 0.15) is 40.6 Å². The van der Waals surface area contributed by atoms with E-state index in [1.165, 1.54) is 0 Å².